The van der Waals surface area contributed by atoms with E-state index in [4.69, 9.17) is 11.6 Å². The van der Waals surface area contributed by atoms with Gasteiger partial charge in [-0.15, -0.1) is 22.9 Å². The van der Waals surface area contributed by atoms with Crippen molar-refractivity contribution >= 4 is 49.9 Å². The lowest BCUT2D eigenvalue weighted by Crippen LogP contribution is -2.05. The maximum atomic E-state index is 13.7. The lowest BCUT2D eigenvalue weighted by molar-refractivity contribution is 0.622. The number of aromatic nitrogens is 2. The summed E-state index contributed by atoms with van der Waals surface area (Å²) in [5.41, 5.74) is 1.60. The minimum absolute atomic E-state index is 0.295. The molecule has 0 spiro atoms. The highest BCUT2D eigenvalue weighted by Crippen LogP contribution is 2.26. The van der Waals surface area contributed by atoms with Crippen molar-refractivity contribution in [2.45, 2.75) is 19.9 Å². The second kappa shape index (κ2) is 6.07. The zero-order valence-corrected chi connectivity index (χ0v) is 14.5. The summed E-state index contributed by atoms with van der Waals surface area (Å²) in [7, 11) is 0. The van der Waals surface area contributed by atoms with Crippen LogP contribution >= 0.6 is 38.9 Å². The van der Waals surface area contributed by atoms with Gasteiger partial charge in [-0.05, 0) is 41.1 Å². The Labute approximate surface area is 139 Å². The van der Waals surface area contributed by atoms with Crippen LogP contribution in [-0.2, 0) is 13.0 Å². The number of fused-ring (bicyclic) bond motifs is 1. The molecule has 110 valence electrons. The van der Waals surface area contributed by atoms with E-state index in [1.54, 1.807) is 17.4 Å². The first-order valence-electron chi connectivity index (χ1n) is 6.54. The number of aryl methyl sites for hydroxylation is 2. The minimum Gasteiger partial charge on any atom is -0.323 e. The molecule has 0 aliphatic rings. The molecule has 0 fully saturated rings. The van der Waals surface area contributed by atoms with Gasteiger partial charge in [0, 0.05) is 28.1 Å². The average Bonchev–Trinajstić information content (AvgIpc) is 2.97. The van der Waals surface area contributed by atoms with E-state index in [2.05, 4.69) is 44.5 Å². The van der Waals surface area contributed by atoms with Gasteiger partial charge in [-0.25, -0.2) is 9.37 Å². The Hall–Kier alpha value is -0.910. The predicted octanol–water partition coefficient (Wildman–Crippen LogP) is 5.14. The lowest BCUT2D eigenvalue weighted by Gasteiger charge is -2.07. The normalized spacial score (nSPS) is 11.4. The highest BCUT2D eigenvalue weighted by Gasteiger charge is 2.14. The van der Waals surface area contributed by atoms with Gasteiger partial charge in [-0.3, -0.25) is 0 Å². The Balaban J connectivity index is 2.12. The summed E-state index contributed by atoms with van der Waals surface area (Å²) in [6.07, 6.45) is 0.666. The van der Waals surface area contributed by atoms with Gasteiger partial charge in [-0.2, -0.15) is 0 Å². The molecule has 0 aliphatic carbocycles. The van der Waals surface area contributed by atoms with Crippen LogP contribution < -0.4 is 0 Å². The van der Waals surface area contributed by atoms with Crippen LogP contribution in [0.1, 0.15) is 15.6 Å². The Morgan fingerprint density at radius 3 is 2.86 bits per heavy atom. The fourth-order valence-corrected chi connectivity index (χ4v) is 3.73. The third-order valence-electron chi connectivity index (χ3n) is 3.30. The largest absolute Gasteiger partial charge is 0.323 e. The molecule has 0 radical (unpaired) electrons. The molecule has 2 aromatic heterocycles. The molecule has 3 aromatic rings. The molecule has 0 unspecified atom stereocenters. The van der Waals surface area contributed by atoms with Crippen molar-refractivity contribution in [1.82, 2.24) is 9.55 Å². The lowest BCUT2D eigenvalue weighted by atomic mass is 10.3. The third kappa shape index (κ3) is 3.00. The van der Waals surface area contributed by atoms with Crippen LogP contribution in [0.25, 0.3) is 11.0 Å². The molecule has 6 heteroatoms. The predicted molar refractivity (Wildman–Crippen MR) is 90.0 cm³/mol. The second-order valence-corrected chi connectivity index (χ2v) is 7.43. The molecule has 0 saturated carbocycles. The SMILES string of the molecule is Cc1ccc(Cn2c(CCCl)nc3cc(F)c(Br)cc32)s1. The van der Waals surface area contributed by atoms with E-state index in [-0.39, 0.29) is 5.82 Å². The summed E-state index contributed by atoms with van der Waals surface area (Å²) in [6.45, 7) is 2.82. The molecule has 0 amide bonds. The number of benzene rings is 1. The summed E-state index contributed by atoms with van der Waals surface area (Å²) in [6, 6.07) is 7.48. The van der Waals surface area contributed by atoms with Crippen LogP contribution in [0.4, 0.5) is 4.39 Å². The van der Waals surface area contributed by atoms with Crippen LogP contribution in [0.3, 0.4) is 0 Å². The first-order chi connectivity index (χ1) is 10.1. The standard InChI is InChI=1S/C15H13BrClFN2S/c1-9-2-3-10(21-9)8-20-14-6-11(16)12(18)7-13(14)19-15(20)4-5-17/h2-3,6-7H,4-5,8H2,1H3. The van der Waals surface area contributed by atoms with E-state index < -0.39 is 0 Å². The summed E-state index contributed by atoms with van der Waals surface area (Å²) < 4.78 is 16.3. The zero-order chi connectivity index (χ0) is 15.0. The topological polar surface area (TPSA) is 17.8 Å². The molecule has 0 N–H and O–H groups in total. The number of imidazole rings is 1. The number of hydrogen-bond donors (Lipinski definition) is 0. The summed E-state index contributed by atoms with van der Waals surface area (Å²) in [4.78, 5) is 7.06. The molecule has 0 aliphatic heterocycles. The van der Waals surface area contributed by atoms with E-state index >= 15 is 0 Å². The van der Waals surface area contributed by atoms with Gasteiger partial charge in [0.25, 0.3) is 0 Å². The third-order valence-corrected chi connectivity index (χ3v) is 5.08. The molecule has 2 nitrogen and oxygen atoms in total. The number of nitrogens with zero attached hydrogens (tertiary/aromatic N) is 2. The Bertz CT molecular complexity index is 796. The fraction of sp³-hybridized carbons (Fsp3) is 0.267. The van der Waals surface area contributed by atoms with Crippen molar-refractivity contribution in [3.05, 3.63) is 50.1 Å². The van der Waals surface area contributed by atoms with Gasteiger partial charge in [0.15, 0.2) is 0 Å². The Morgan fingerprint density at radius 2 is 2.19 bits per heavy atom. The molecule has 2 heterocycles. The Morgan fingerprint density at radius 1 is 1.38 bits per heavy atom. The van der Waals surface area contributed by atoms with Crippen molar-refractivity contribution in [2.75, 3.05) is 5.88 Å². The molecule has 0 bridgehead atoms. The monoisotopic (exact) mass is 386 g/mol. The highest BCUT2D eigenvalue weighted by molar-refractivity contribution is 9.10. The van der Waals surface area contributed by atoms with Crippen molar-refractivity contribution in [3.8, 4) is 0 Å². The number of hydrogen-bond acceptors (Lipinski definition) is 2. The number of halogens is 3. The molecule has 3 rings (SSSR count). The number of alkyl halides is 1. The van der Waals surface area contributed by atoms with E-state index in [0.29, 0.717) is 22.3 Å². The maximum absolute atomic E-state index is 13.7. The summed E-state index contributed by atoms with van der Waals surface area (Å²) in [5, 5.41) is 0. The summed E-state index contributed by atoms with van der Waals surface area (Å²) in [5.74, 6) is 1.09. The van der Waals surface area contributed by atoms with E-state index in [1.807, 2.05) is 0 Å². The quantitative estimate of drug-likeness (QED) is 0.567. The van der Waals surface area contributed by atoms with Gasteiger partial charge >= 0.3 is 0 Å². The van der Waals surface area contributed by atoms with Crippen LogP contribution in [0.15, 0.2) is 28.7 Å². The Kier molecular flexibility index (Phi) is 4.33. The molecule has 0 saturated heterocycles. The van der Waals surface area contributed by atoms with Crippen LogP contribution in [0, 0.1) is 12.7 Å². The number of rotatable bonds is 4. The van der Waals surface area contributed by atoms with Gasteiger partial charge in [0.2, 0.25) is 0 Å². The molecule has 0 atom stereocenters. The van der Waals surface area contributed by atoms with Gasteiger partial charge in [0.1, 0.15) is 11.6 Å². The molecular formula is C15H13BrClFN2S. The minimum atomic E-state index is -0.295. The van der Waals surface area contributed by atoms with Crippen LogP contribution in [0.2, 0.25) is 0 Å². The van der Waals surface area contributed by atoms with E-state index in [1.165, 1.54) is 15.8 Å². The van der Waals surface area contributed by atoms with Gasteiger partial charge in [-0.1, -0.05) is 0 Å². The molecular weight excluding hydrogens is 375 g/mol. The maximum Gasteiger partial charge on any atom is 0.139 e. The summed E-state index contributed by atoms with van der Waals surface area (Å²) >= 11 is 10.9. The van der Waals surface area contributed by atoms with E-state index in [9.17, 15) is 4.39 Å². The van der Waals surface area contributed by atoms with Crippen LogP contribution in [0.5, 0.6) is 0 Å². The van der Waals surface area contributed by atoms with Crippen molar-refractivity contribution < 1.29 is 4.39 Å². The van der Waals surface area contributed by atoms with E-state index in [0.717, 1.165) is 17.9 Å². The second-order valence-electron chi connectivity index (χ2n) is 4.82. The highest BCUT2D eigenvalue weighted by atomic mass is 79.9. The van der Waals surface area contributed by atoms with Crippen molar-refractivity contribution in [3.63, 3.8) is 0 Å². The van der Waals surface area contributed by atoms with Crippen LogP contribution in [-0.4, -0.2) is 15.4 Å². The molecule has 21 heavy (non-hydrogen) atoms. The zero-order valence-electron chi connectivity index (χ0n) is 11.4. The van der Waals surface area contributed by atoms with Crippen molar-refractivity contribution in [2.24, 2.45) is 0 Å². The number of thiophene rings is 1. The van der Waals surface area contributed by atoms with Gasteiger partial charge < -0.3 is 4.57 Å². The fourth-order valence-electron chi connectivity index (χ4n) is 2.35. The smallest absolute Gasteiger partial charge is 0.139 e. The van der Waals surface area contributed by atoms with Gasteiger partial charge in [0.05, 0.1) is 22.1 Å². The first-order valence-corrected chi connectivity index (χ1v) is 8.68. The molecule has 1 aromatic carbocycles. The average molecular weight is 388 g/mol. The van der Waals surface area contributed by atoms with Crippen molar-refractivity contribution in [1.29, 1.82) is 0 Å². The first kappa shape index (κ1) is 15.0.